The first-order valence-electron chi connectivity index (χ1n) is 9.50. The monoisotopic (exact) mass is 441 g/mol. The lowest BCUT2D eigenvalue weighted by atomic mass is 10.0. The summed E-state index contributed by atoms with van der Waals surface area (Å²) in [4.78, 5) is 28.7. The zero-order valence-corrected chi connectivity index (χ0v) is 18.5. The van der Waals surface area contributed by atoms with Crippen molar-refractivity contribution >= 4 is 27.9 Å². The Hall–Kier alpha value is -2.66. The molecule has 11 heteroatoms. The summed E-state index contributed by atoms with van der Waals surface area (Å²) in [5.41, 5.74) is 11.5. The molecule has 0 fully saturated rings. The highest BCUT2D eigenvalue weighted by Crippen LogP contribution is 2.13. The number of hydrogen-bond acceptors (Lipinski definition) is 6. The van der Waals surface area contributed by atoms with Gasteiger partial charge in [-0.25, -0.2) is 13.2 Å². The van der Waals surface area contributed by atoms with Crippen LogP contribution < -0.4 is 21.5 Å². The number of amides is 1. The van der Waals surface area contributed by atoms with Gasteiger partial charge >= 0.3 is 5.97 Å². The van der Waals surface area contributed by atoms with E-state index in [-0.39, 0.29) is 29.7 Å². The van der Waals surface area contributed by atoms with Gasteiger partial charge in [-0.3, -0.25) is 9.79 Å². The van der Waals surface area contributed by atoms with E-state index in [4.69, 9.17) is 16.2 Å². The SMILES string of the molecule is COC(=O)C(NC(=O)C(CCCN=C(N)N)NS(=O)(=O)c1ccc(C)cc1)C(C)C. The van der Waals surface area contributed by atoms with Gasteiger partial charge in [-0.2, -0.15) is 4.72 Å². The smallest absolute Gasteiger partial charge is 0.328 e. The van der Waals surface area contributed by atoms with Crippen LogP contribution in [0.5, 0.6) is 0 Å². The predicted octanol–water partition coefficient (Wildman–Crippen LogP) is 0.00932. The third-order valence-corrected chi connectivity index (χ3v) is 5.80. The van der Waals surface area contributed by atoms with Gasteiger partial charge in [-0.05, 0) is 37.8 Å². The molecule has 0 saturated heterocycles. The third kappa shape index (κ3) is 7.99. The maximum Gasteiger partial charge on any atom is 0.328 e. The molecule has 6 N–H and O–H groups in total. The summed E-state index contributed by atoms with van der Waals surface area (Å²) in [5.74, 6) is -1.60. The molecule has 0 bridgehead atoms. The first-order valence-corrected chi connectivity index (χ1v) is 11.0. The van der Waals surface area contributed by atoms with E-state index in [1.165, 1.54) is 19.2 Å². The molecule has 0 aliphatic rings. The molecular formula is C19H31N5O5S. The van der Waals surface area contributed by atoms with Crippen molar-refractivity contribution < 1.29 is 22.7 Å². The Morgan fingerprint density at radius 3 is 2.27 bits per heavy atom. The number of ether oxygens (including phenoxy) is 1. The van der Waals surface area contributed by atoms with Gasteiger partial charge in [-0.15, -0.1) is 0 Å². The molecule has 0 saturated carbocycles. The lowest BCUT2D eigenvalue weighted by Gasteiger charge is -2.24. The van der Waals surface area contributed by atoms with Gasteiger partial charge in [0.25, 0.3) is 0 Å². The number of nitrogens with one attached hydrogen (secondary N) is 2. The number of methoxy groups -OCH3 is 1. The Labute approximate surface area is 177 Å². The van der Waals surface area contributed by atoms with E-state index in [1.807, 2.05) is 6.92 Å². The van der Waals surface area contributed by atoms with Crippen LogP contribution in [0.2, 0.25) is 0 Å². The van der Waals surface area contributed by atoms with Crippen molar-refractivity contribution in [2.75, 3.05) is 13.7 Å². The predicted molar refractivity (Wildman–Crippen MR) is 114 cm³/mol. The van der Waals surface area contributed by atoms with Crippen LogP contribution in [0.15, 0.2) is 34.2 Å². The van der Waals surface area contributed by atoms with Crippen LogP contribution in [-0.4, -0.2) is 52.0 Å². The molecular weight excluding hydrogens is 410 g/mol. The number of aryl methyl sites for hydroxylation is 1. The number of sulfonamides is 1. The summed E-state index contributed by atoms with van der Waals surface area (Å²) in [6.07, 6.45) is 0.469. The van der Waals surface area contributed by atoms with E-state index in [1.54, 1.807) is 26.0 Å². The number of benzene rings is 1. The van der Waals surface area contributed by atoms with Gasteiger partial charge in [-0.1, -0.05) is 31.5 Å². The standard InChI is InChI=1S/C19H31N5O5S/c1-12(2)16(18(26)29-4)23-17(25)15(6-5-11-22-19(20)21)24-30(27,28)14-9-7-13(3)8-10-14/h7-10,12,15-16,24H,5-6,11H2,1-4H3,(H,23,25)(H4,20,21,22). The average molecular weight is 442 g/mol. The molecule has 0 aromatic heterocycles. The number of aliphatic imine (C=N–C) groups is 1. The Morgan fingerprint density at radius 1 is 1.17 bits per heavy atom. The molecule has 168 valence electrons. The molecule has 1 rings (SSSR count). The number of esters is 1. The minimum Gasteiger partial charge on any atom is -0.467 e. The summed E-state index contributed by atoms with van der Waals surface area (Å²) >= 11 is 0. The highest BCUT2D eigenvalue weighted by atomic mass is 32.2. The molecule has 0 radical (unpaired) electrons. The van der Waals surface area contributed by atoms with Crippen molar-refractivity contribution in [3.05, 3.63) is 29.8 Å². The fourth-order valence-corrected chi connectivity index (χ4v) is 3.83. The number of carbonyl (C=O) groups excluding carboxylic acids is 2. The molecule has 2 unspecified atom stereocenters. The van der Waals surface area contributed by atoms with E-state index in [0.29, 0.717) is 6.42 Å². The van der Waals surface area contributed by atoms with Gasteiger partial charge in [0.1, 0.15) is 12.1 Å². The highest BCUT2D eigenvalue weighted by molar-refractivity contribution is 7.89. The molecule has 0 spiro atoms. The summed E-state index contributed by atoms with van der Waals surface area (Å²) in [6, 6.07) is 4.19. The van der Waals surface area contributed by atoms with Crippen molar-refractivity contribution in [1.82, 2.24) is 10.0 Å². The summed E-state index contributed by atoms with van der Waals surface area (Å²) in [5, 5.41) is 2.57. The second-order valence-corrected chi connectivity index (χ2v) is 8.90. The quantitative estimate of drug-likeness (QED) is 0.162. The first kappa shape index (κ1) is 25.4. The second-order valence-electron chi connectivity index (χ2n) is 7.19. The number of guanidine groups is 1. The number of nitrogens with two attached hydrogens (primary N) is 2. The lowest BCUT2D eigenvalue weighted by molar-refractivity contribution is -0.146. The summed E-state index contributed by atoms with van der Waals surface area (Å²) in [6.45, 7) is 5.55. The van der Waals surface area contributed by atoms with Crippen LogP contribution in [0.1, 0.15) is 32.3 Å². The fourth-order valence-electron chi connectivity index (χ4n) is 2.60. The Balaban J connectivity index is 3.05. The third-order valence-electron chi connectivity index (χ3n) is 4.31. The molecule has 2 atom stereocenters. The molecule has 10 nitrogen and oxygen atoms in total. The van der Waals surface area contributed by atoms with Gasteiger partial charge < -0.3 is 21.5 Å². The second kappa shape index (κ2) is 11.5. The molecule has 30 heavy (non-hydrogen) atoms. The molecule has 0 heterocycles. The average Bonchev–Trinajstić information content (AvgIpc) is 2.67. The maximum absolute atomic E-state index is 12.8. The van der Waals surface area contributed by atoms with Gasteiger partial charge in [0, 0.05) is 6.54 Å². The lowest BCUT2D eigenvalue weighted by Crippen LogP contribution is -2.53. The van der Waals surface area contributed by atoms with Crippen LogP contribution in [0.25, 0.3) is 0 Å². The normalized spacial score (nSPS) is 13.4. The molecule has 1 aromatic carbocycles. The Morgan fingerprint density at radius 2 is 1.77 bits per heavy atom. The van der Waals surface area contributed by atoms with Crippen molar-refractivity contribution in [1.29, 1.82) is 0 Å². The van der Waals surface area contributed by atoms with Crippen molar-refractivity contribution in [3.8, 4) is 0 Å². The molecule has 0 aliphatic carbocycles. The van der Waals surface area contributed by atoms with Crippen molar-refractivity contribution in [3.63, 3.8) is 0 Å². The molecule has 1 aromatic rings. The topological polar surface area (TPSA) is 166 Å². The van der Waals surface area contributed by atoms with E-state index in [2.05, 4.69) is 15.0 Å². The molecule has 0 aliphatic heterocycles. The minimum absolute atomic E-state index is 0.0310. The Kier molecular flexibility index (Phi) is 9.73. The fraction of sp³-hybridized carbons (Fsp3) is 0.526. The molecule has 1 amide bonds. The van der Waals surface area contributed by atoms with Crippen LogP contribution in [0.3, 0.4) is 0 Å². The number of rotatable bonds is 11. The minimum atomic E-state index is -3.97. The zero-order chi connectivity index (χ0) is 22.9. The Bertz CT molecular complexity index is 849. The van der Waals surface area contributed by atoms with Gasteiger partial charge in [0.2, 0.25) is 15.9 Å². The zero-order valence-electron chi connectivity index (χ0n) is 17.7. The van der Waals surface area contributed by atoms with E-state index in [0.717, 1.165) is 5.56 Å². The van der Waals surface area contributed by atoms with Crippen molar-refractivity contribution in [2.45, 2.75) is 50.6 Å². The van der Waals surface area contributed by atoms with Crippen LogP contribution in [0.4, 0.5) is 0 Å². The summed E-state index contributed by atoms with van der Waals surface area (Å²) < 4.78 is 32.7. The number of hydrogen-bond donors (Lipinski definition) is 4. The van der Waals surface area contributed by atoms with Crippen LogP contribution in [0, 0.1) is 12.8 Å². The first-order chi connectivity index (χ1) is 14.0. The van der Waals surface area contributed by atoms with Gasteiger partial charge in [0.15, 0.2) is 5.96 Å². The van der Waals surface area contributed by atoms with Crippen LogP contribution >= 0.6 is 0 Å². The van der Waals surface area contributed by atoms with E-state index < -0.39 is 34.0 Å². The maximum atomic E-state index is 12.8. The number of carbonyl (C=O) groups is 2. The van der Waals surface area contributed by atoms with Gasteiger partial charge in [0.05, 0.1) is 12.0 Å². The summed E-state index contributed by atoms with van der Waals surface area (Å²) in [7, 11) is -2.75. The van der Waals surface area contributed by atoms with E-state index >= 15 is 0 Å². The largest absolute Gasteiger partial charge is 0.467 e. The number of nitrogens with zero attached hydrogens (tertiary/aromatic N) is 1. The van der Waals surface area contributed by atoms with Crippen molar-refractivity contribution in [2.24, 2.45) is 22.4 Å². The van der Waals surface area contributed by atoms with Crippen LogP contribution in [-0.2, 0) is 24.3 Å². The van der Waals surface area contributed by atoms with E-state index in [9.17, 15) is 18.0 Å². The highest BCUT2D eigenvalue weighted by Gasteiger charge is 2.31.